The normalized spacial score (nSPS) is 17.0. The maximum absolute atomic E-state index is 4.60. The minimum absolute atomic E-state index is 0.384. The van der Waals surface area contributed by atoms with Gasteiger partial charge in [-0.05, 0) is 0 Å². The molecule has 0 aromatic heterocycles. The summed E-state index contributed by atoms with van der Waals surface area (Å²) < 4.78 is 6.60. The molecule has 2 aliphatic rings. The number of hydrogen-bond acceptors (Lipinski definition) is 0. The van der Waals surface area contributed by atoms with E-state index in [0.717, 1.165) is 0 Å². The monoisotopic (exact) mass is 903 g/mol. The number of benzene rings is 8. The molecule has 2 atom stereocenters. The van der Waals surface area contributed by atoms with Crippen LogP contribution in [0, 0.1) is 0 Å². The van der Waals surface area contributed by atoms with E-state index >= 15 is 0 Å². The molecule has 0 heterocycles. The van der Waals surface area contributed by atoms with Gasteiger partial charge in [-0.2, -0.15) is 0 Å². The number of fused-ring (bicyclic) bond motifs is 4. The van der Waals surface area contributed by atoms with Crippen LogP contribution < -0.4 is 10.4 Å². The van der Waals surface area contributed by atoms with Crippen LogP contribution in [0.1, 0.15) is 43.5 Å². The van der Waals surface area contributed by atoms with E-state index in [4.69, 9.17) is 0 Å². The van der Waals surface area contributed by atoms with E-state index in [-0.39, 0.29) is 0 Å². The van der Waals surface area contributed by atoms with Gasteiger partial charge in [0.05, 0.1) is 0 Å². The van der Waals surface area contributed by atoms with Gasteiger partial charge in [-0.3, -0.25) is 0 Å². The van der Waals surface area contributed by atoms with Gasteiger partial charge in [-0.1, -0.05) is 0 Å². The second-order valence-electron chi connectivity index (χ2n) is 17.3. The molecule has 10 rings (SSSR count). The third kappa shape index (κ3) is 5.33. The first-order valence-corrected chi connectivity index (χ1v) is 39.5. The Morgan fingerprint density at radius 3 is 1.18 bits per heavy atom. The Bertz CT molecular complexity index is 2680. The molecule has 0 saturated heterocycles. The quantitative estimate of drug-likeness (QED) is 0.140. The number of hydrogen-bond donors (Lipinski definition) is 0. The predicted octanol–water partition coefficient (Wildman–Crippen LogP) is 13.3. The van der Waals surface area contributed by atoms with Crippen LogP contribution in [0.5, 0.6) is 0 Å². The van der Waals surface area contributed by atoms with Gasteiger partial charge in [-0.15, -0.1) is 0 Å². The van der Waals surface area contributed by atoms with Crippen LogP contribution >= 0.6 is 0 Å². The molecule has 0 radical (unpaired) electrons. The van der Waals surface area contributed by atoms with Crippen molar-refractivity contribution in [2.45, 2.75) is 30.6 Å². The standard InChI is InChI=1S/2C20H15.C12H11Si.2CH3.Hf/c2*1-14-12-16-8-5-11-19(20(16)13-14)18-10-4-7-15-6-2-3-9-17(15)18;1-3-7-11(8-4-1)13-12-9-5-2-6-10-12;;;/h2*2-13H,1H3;1-10,13H;2*1H3;. The van der Waals surface area contributed by atoms with Crippen molar-refractivity contribution < 1.29 is 17.7 Å². The van der Waals surface area contributed by atoms with Crippen LogP contribution in [0.4, 0.5) is 0 Å². The predicted molar refractivity (Wildman–Crippen MR) is 243 cm³/mol. The molecule has 8 aromatic rings. The zero-order valence-electron chi connectivity index (χ0n) is 32.7. The van der Waals surface area contributed by atoms with Crippen molar-refractivity contribution in [3.05, 3.63) is 215 Å². The summed E-state index contributed by atoms with van der Waals surface area (Å²) in [5, 5.41) is 8.39. The van der Waals surface area contributed by atoms with Crippen molar-refractivity contribution in [2.75, 3.05) is 0 Å². The van der Waals surface area contributed by atoms with Gasteiger partial charge in [0.1, 0.15) is 0 Å². The zero-order valence-corrected chi connectivity index (χ0v) is 37.5. The first-order chi connectivity index (χ1) is 27.3. The summed E-state index contributed by atoms with van der Waals surface area (Å²) in [5.41, 5.74) is 14.4. The fraction of sp³-hybridized carbons (Fsp3) is 0.111. The Kier molecular flexibility index (Phi) is 8.51. The second-order valence-corrected chi connectivity index (χ2v) is 64.4. The van der Waals surface area contributed by atoms with Gasteiger partial charge >= 0.3 is 336 Å². The molecule has 0 amide bonds. The van der Waals surface area contributed by atoms with E-state index in [0.29, 0.717) is 7.35 Å². The van der Waals surface area contributed by atoms with Crippen molar-refractivity contribution in [1.82, 2.24) is 0 Å². The molecule has 0 nitrogen and oxygen atoms in total. The molecule has 2 heteroatoms. The van der Waals surface area contributed by atoms with Crippen LogP contribution in [0.25, 0.3) is 56.0 Å². The average molecular weight is 903 g/mol. The van der Waals surface area contributed by atoms with E-state index in [1.165, 1.54) is 54.9 Å². The summed E-state index contributed by atoms with van der Waals surface area (Å²) in [7, 11) is 0. The summed E-state index contributed by atoms with van der Waals surface area (Å²) in [6.45, 7) is 4.95. The summed E-state index contributed by atoms with van der Waals surface area (Å²) in [5.74, 6) is -1.92. The summed E-state index contributed by atoms with van der Waals surface area (Å²) >= 11 is -4.60. The Hall–Kier alpha value is -5.15. The molecule has 0 N–H and O–H groups in total. The van der Waals surface area contributed by atoms with E-state index in [9.17, 15) is 0 Å². The van der Waals surface area contributed by atoms with Gasteiger partial charge < -0.3 is 0 Å². The Labute approximate surface area is 333 Å². The van der Waals surface area contributed by atoms with Gasteiger partial charge in [0, 0.05) is 0 Å². The summed E-state index contributed by atoms with van der Waals surface area (Å²) in [6, 6.07) is 69.4. The molecule has 271 valence electrons. The van der Waals surface area contributed by atoms with Crippen molar-refractivity contribution in [1.29, 1.82) is 0 Å². The first-order valence-electron chi connectivity index (χ1n) is 20.2. The molecule has 0 aliphatic heterocycles. The summed E-state index contributed by atoms with van der Waals surface area (Å²) in [4.78, 5) is 0. The molecular weight excluding hydrogens is 855 g/mol. The third-order valence-electron chi connectivity index (χ3n) is 13.7. The molecule has 56 heavy (non-hydrogen) atoms. The molecular formula is C54H47HfSi. The molecule has 0 bridgehead atoms. The van der Waals surface area contributed by atoms with Gasteiger partial charge in [0.25, 0.3) is 0 Å². The van der Waals surface area contributed by atoms with E-state index in [1.807, 2.05) is 0 Å². The van der Waals surface area contributed by atoms with Crippen molar-refractivity contribution in [3.63, 3.8) is 0 Å². The molecule has 0 saturated carbocycles. The molecule has 8 aromatic carbocycles. The maximum atomic E-state index is 2.91. The average Bonchev–Trinajstić information content (AvgIpc) is 3.78. The Morgan fingerprint density at radius 1 is 0.375 bits per heavy atom. The van der Waals surface area contributed by atoms with E-state index in [1.54, 1.807) is 32.6 Å². The third-order valence-corrected chi connectivity index (χ3v) is 68.5. The van der Waals surface area contributed by atoms with E-state index < -0.39 is 23.7 Å². The van der Waals surface area contributed by atoms with Gasteiger partial charge in [0.15, 0.2) is 0 Å². The minimum atomic E-state index is -4.60. The van der Waals surface area contributed by atoms with Crippen molar-refractivity contribution >= 4 is 50.1 Å². The first kappa shape index (κ1) is 35.3. The van der Waals surface area contributed by atoms with Gasteiger partial charge in [-0.25, -0.2) is 0 Å². The van der Waals surface area contributed by atoms with E-state index in [2.05, 4.69) is 217 Å². The fourth-order valence-corrected chi connectivity index (χ4v) is 78.5. The van der Waals surface area contributed by atoms with Crippen LogP contribution in [-0.2, 0) is 17.7 Å². The number of rotatable bonds is 7. The Balaban J connectivity index is 1.26. The molecule has 0 spiro atoms. The SMILES string of the molecule is CC1=Cc2c(-c3cccc4ccccc34)cccc2[CH]1[Hf]([CH3])([CH3])([CH]1C(C)=Cc2c(-c3cccc4ccccc34)cccc21)[SiH](c1ccccc1)c1ccccc1. The van der Waals surface area contributed by atoms with Crippen LogP contribution in [-0.4, -0.2) is 5.98 Å². The summed E-state index contributed by atoms with van der Waals surface area (Å²) in [6.07, 6.45) is 5.20. The zero-order chi connectivity index (χ0) is 38.0. The Morgan fingerprint density at radius 2 is 0.732 bits per heavy atom. The van der Waals surface area contributed by atoms with Gasteiger partial charge in [0.2, 0.25) is 0 Å². The molecule has 0 fully saturated rings. The van der Waals surface area contributed by atoms with Crippen molar-refractivity contribution in [3.8, 4) is 22.3 Å². The molecule has 2 aliphatic carbocycles. The topological polar surface area (TPSA) is 0 Å². The van der Waals surface area contributed by atoms with Crippen LogP contribution in [0.3, 0.4) is 0 Å². The van der Waals surface area contributed by atoms with Crippen LogP contribution in [0.2, 0.25) is 9.36 Å². The van der Waals surface area contributed by atoms with Crippen LogP contribution in [0.15, 0.2) is 193 Å². The number of allylic oxidation sites excluding steroid dienone is 2. The second kappa shape index (κ2) is 13.5. The van der Waals surface area contributed by atoms with Crippen molar-refractivity contribution in [2.24, 2.45) is 0 Å². The fourth-order valence-electron chi connectivity index (χ4n) is 11.9. The molecule has 2 unspecified atom stereocenters.